The molecule has 0 rings (SSSR count). The van der Waals surface area contributed by atoms with Gasteiger partial charge in [0.2, 0.25) is 7.42 Å². The molecule has 0 aliphatic carbocycles. The van der Waals surface area contributed by atoms with Crippen LogP contribution in [0, 0.1) is 0 Å². The van der Waals surface area contributed by atoms with Crippen molar-refractivity contribution in [3.05, 3.63) is 0 Å². The lowest BCUT2D eigenvalue weighted by molar-refractivity contribution is 1.35. The smallest absolute Gasteiger partial charge is 0.150 e. The average molecular weight is 187 g/mol. The normalized spacial score (nSPS) is 12.0. The second-order valence-electron chi connectivity index (χ2n) is 1.89. The third-order valence-electron chi connectivity index (χ3n) is 1.03. The summed E-state index contributed by atoms with van der Waals surface area (Å²) in [6.45, 7) is 2.24. The van der Waals surface area contributed by atoms with Crippen LogP contribution in [0.4, 0.5) is 0 Å². The second kappa shape index (κ2) is 6.14. The highest BCUT2D eigenvalue weighted by molar-refractivity contribution is 7.33. The maximum atomic E-state index is 5.64. The van der Waals surface area contributed by atoms with Crippen molar-refractivity contribution in [2.75, 3.05) is 0 Å². The Morgan fingerprint density at radius 3 is 2.50 bits per heavy atom. The van der Waals surface area contributed by atoms with E-state index in [0.29, 0.717) is 0 Å². The van der Waals surface area contributed by atoms with E-state index in [-0.39, 0.29) is 9.52 Å². The molecule has 0 saturated carbocycles. The molecule has 0 unspecified atom stereocenters. The van der Waals surface area contributed by atoms with Gasteiger partial charge in [0.25, 0.3) is 0 Å². The van der Waals surface area contributed by atoms with Crippen LogP contribution in [0.5, 0.6) is 0 Å². The van der Waals surface area contributed by atoms with Crippen LogP contribution in [0.15, 0.2) is 0 Å². The summed E-state index contributed by atoms with van der Waals surface area (Å²) in [5, 5.41) is 0. The van der Waals surface area contributed by atoms with Crippen molar-refractivity contribution in [2.45, 2.75) is 25.1 Å². The van der Waals surface area contributed by atoms with E-state index in [9.17, 15) is 0 Å². The fourth-order valence-electron chi connectivity index (χ4n) is 0.549. The highest BCUT2D eigenvalue weighted by Crippen LogP contribution is 2.06. The third kappa shape index (κ3) is 7.01. The highest BCUT2D eigenvalue weighted by atomic mass is 35.7. The SMILES string of the molecule is CC[SiH2]CC[SiH](Cl)Cl. The van der Waals surface area contributed by atoms with Crippen LogP contribution in [-0.2, 0) is 0 Å². The molecule has 0 nitrogen and oxygen atoms in total. The van der Waals surface area contributed by atoms with Gasteiger partial charge in [0, 0.05) is 9.52 Å². The summed E-state index contributed by atoms with van der Waals surface area (Å²) < 4.78 is 0. The second-order valence-corrected chi connectivity index (χ2v) is 9.49. The molecule has 0 aromatic rings. The van der Waals surface area contributed by atoms with Gasteiger partial charge in [-0.25, -0.2) is 0 Å². The van der Waals surface area contributed by atoms with Crippen molar-refractivity contribution in [1.29, 1.82) is 0 Å². The van der Waals surface area contributed by atoms with E-state index in [1.807, 2.05) is 0 Å². The summed E-state index contributed by atoms with van der Waals surface area (Å²) in [4.78, 5) is 0. The monoisotopic (exact) mass is 186 g/mol. The predicted octanol–water partition coefficient (Wildman–Crippen LogP) is 1.71. The van der Waals surface area contributed by atoms with Crippen LogP contribution in [0.3, 0.4) is 0 Å². The molecule has 4 heteroatoms. The lowest BCUT2D eigenvalue weighted by Crippen LogP contribution is -1.94. The molecule has 0 amide bonds. The Labute approximate surface area is 64.4 Å². The molecule has 0 saturated heterocycles. The van der Waals surface area contributed by atoms with Crippen molar-refractivity contribution in [3.63, 3.8) is 0 Å². The number of halogens is 2. The molecule has 0 heterocycles. The van der Waals surface area contributed by atoms with E-state index in [0.717, 1.165) is 6.04 Å². The minimum absolute atomic E-state index is 0.245. The molecule has 0 atom stereocenters. The van der Waals surface area contributed by atoms with Crippen LogP contribution >= 0.6 is 22.2 Å². The van der Waals surface area contributed by atoms with Gasteiger partial charge in [0.05, 0.1) is 0 Å². The number of hydrogen-bond acceptors (Lipinski definition) is 0. The van der Waals surface area contributed by atoms with E-state index < -0.39 is 7.42 Å². The summed E-state index contributed by atoms with van der Waals surface area (Å²) in [6.07, 6.45) is 0. The van der Waals surface area contributed by atoms with Gasteiger partial charge in [-0.2, -0.15) is 22.2 Å². The maximum Gasteiger partial charge on any atom is 0.236 e. The molecule has 0 bridgehead atoms. The zero-order chi connectivity index (χ0) is 6.41. The predicted molar refractivity (Wildman–Crippen MR) is 47.5 cm³/mol. The maximum absolute atomic E-state index is 5.64. The summed E-state index contributed by atoms with van der Waals surface area (Å²) in [7, 11) is -0.978. The van der Waals surface area contributed by atoms with E-state index in [2.05, 4.69) is 6.92 Å². The topological polar surface area (TPSA) is 0 Å². The Bertz CT molecular complexity index is 49.3. The first-order valence-corrected chi connectivity index (χ1v) is 9.36. The fourth-order valence-corrected chi connectivity index (χ4v) is 6.22. The molecule has 0 aromatic carbocycles. The molecular formula is C4H12Cl2Si2. The Hall–Kier alpha value is 1.01. The molecule has 0 radical (unpaired) electrons. The average Bonchev–Trinajstić information content (AvgIpc) is 1.66. The number of hydrogen-bond donors (Lipinski definition) is 0. The Morgan fingerprint density at radius 1 is 1.50 bits per heavy atom. The van der Waals surface area contributed by atoms with Gasteiger partial charge in [-0.3, -0.25) is 0 Å². The van der Waals surface area contributed by atoms with Crippen molar-refractivity contribution in [2.24, 2.45) is 0 Å². The molecule has 8 heavy (non-hydrogen) atoms. The molecule has 0 aromatic heterocycles. The molecular weight excluding hydrogens is 175 g/mol. The first-order chi connectivity index (χ1) is 3.77. The van der Waals surface area contributed by atoms with E-state index in [1.165, 1.54) is 12.1 Å². The van der Waals surface area contributed by atoms with Crippen LogP contribution in [0.2, 0.25) is 18.1 Å². The Balaban J connectivity index is 2.72. The minimum Gasteiger partial charge on any atom is -0.150 e. The highest BCUT2D eigenvalue weighted by Gasteiger charge is 1.98. The summed E-state index contributed by atoms with van der Waals surface area (Å²) in [5.74, 6) is 0. The van der Waals surface area contributed by atoms with E-state index in [1.54, 1.807) is 0 Å². The molecule has 0 aliphatic heterocycles. The van der Waals surface area contributed by atoms with Crippen molar-refractivity contribution < 1.29 is 0 Å². The van der Waals surface area contributed by atoms with Crippen molar-refractivity contribution in [1.82, 2.24) is 0 Å². The van der Waals surface area contributed by atoms with Gasteiger partial charge >= 0.3 is 0 Å². The summed E-state index contributed by atoms with van der Waals surface area (Å²) >= 11 is 11.3. The zero-order valence-electron chi connectivity index (χ0n) is 5.16. The number of rotatable bonds is 4. The third-order valence-corrected chi connectivity index (χ3v) is 5.61. The lowest BCUT2D eigenvalue weighted by Gasteiger charge is -1.94. The molecule has 0 spiro atoms. The summed E-state index contributed by atoms with van der Waals surface area (Å²) in [5.41, 5.74) is 0. The fraction of sp³-hybridized carbons (Fsp3) is 1.00. The quantitative estimate of drug-likeness (QED) is 0.357. The van der Waals surface area contributed by atoms with Crippen molar-refractivity contribution in [3.8, 4) is 0 Å². The minimum atomic E-state index is -1.22. The molecule has 50 valence electrons. The van der Waals surface area contributed by atoms with E-state index in [4.69, 9.17) is 22.2 Å². The lowest BCUT2D eigenvalue weighted by atomic mass is 10.9. The van der Waals surface area contributed by atoms with Crippen LogP contribution in [0.25, 0.3) is 0 Å². The summed E-state index contributed by atoms with van der Waals surface area (Å²) in [6, 6.07) is 3.90. The van der Waals surface area contributed by atoms with Crippen LogP contribution in [0.1, 0.15) is 6.92 Å². The largest absolute Gasteiger partial charge is 0.236 e. The zero-order valence-corrected chi connectivity index (χ0v) is 9.24. The van der Waals surface area contributed by atoms with E-state index >= 15 is 0 Å². The van der Waals surface area contributed by atoms with Gasteiger partial charge in [0.15, 0.2) is 0 Å². The first kappa shape index (κ1) is 9.01. The standard InChI is InChI=1S/C4H12Cl2Si2/c1-2-7-3-4-8(5)6/h8H,2-4,7H2,1H3. The molecule has 0 N–H and O–H groups in total. The van der Waals surface area contributed by atoms with Crippen LogP contribution < -0.4 is 0 Å². The van der Waals surface area contributed by atoms with Crippen molar-refractivity contribution >= 4 is 39.1 Å². The van der Waals surface area contributed by atoms with Crippen LogP contribution in [-0.4, -0.2) is 16.9 Å². The molecule has 0 fully saturated rings. The van der Waals surface area contributed by atoms with Gasteiger partial charge in [-0.1, -0.05) is 19.0 Å². The van der Waals surface area contributed by atoms with Gasteiger partial charge in [-0.05, 0) is 6.04 Å². The Kier molecular flexibility index (Phi) is 6.92. The Morgan fingerprint density at radius 2 is 2.12 bits per heavy atom. The van der Waals surface area contributed by atoms with Gasteiger partial charge in [0.1, 0.15) is 0 Å². The first-order valence-electron chi connectivity index (χ1n) is 3.05. The molecule has 0 aliphatic rings. The van der Waals surface area contributed by atoms with Gasteiger partial charge in [-0.15, -0.1) is 0 Å². The van der Waals surface area contributed by atoms with Gasteiger partial charge < -0.3 is 0 Å².